The number of Topliss-reactive ketones (excluding diaryl/α,β-unsaturated/α-hetero) is 1. The largest absolute Gasteiger partial charge is 0.489 e. The topological polar surface area (TPSA) is 43.4 Å². The maximum Gasteiger partial charge on any atom is 0.197 e. The van der Waals surface area contributed by atoms with E-state index < -0.39 is 0 Å². The van der Waals surface area contributed by atoms with Crippen LogP contribution in [0.4, 0.5) is 0 Å². The fourth-order valence-electron chi connectivity index (χ4n) is 2.06. The summed E-state index contributed by atoms with van der Waals surface area (Å²) in [5.74, 6) is 0.149. The van der Waals surface area contributed by atoms with Crippen molar-refractivity contribution in [2.45, 2.75) is 0 Å². The fourth-order valence-corrected chi connectivity index (χ4v) is 2.06. The number of fused-ring (bicyclic) bond motifs is 1. The van der Waals surface area contributed by atoms with Gasteiger partial charge in [0.15, 0.2) is 11.6 Å². The lowest BCUT2D eigenvalue weighted by atomic mass is 9.88. The van der Waals surface area contributed by atoms with Gasteiger partial charge in [0, 0.05) is 17.2 Å². The summed E-state index contributed by atoms with van der Waals surface area (Å²) in [7, 11) is 0. The van der Waals surface area contributed by atoms with Crippen LogP contribution in [0.1, 0.15) is 20.7 Å². The van der Waals surface area contributed by atoms with Crippen LogP contribution in [0.15, 0.2) is 59.9 Å². The van der Waals surface area contributed by atoms with Crippen molar-refractivity contribution in [1.82, 2.24) is 0 Å². The summed E-state index contributed by atoms with van der Waals surface area (Å²) < 4.78 is 5.38. The molecule has 18 heavy (non-hydrogen) atoms. The van der Waals surface area contributed by atoms with Crippen molar-refractivity contribution >= 4 is 11.6 Å². The highest BCUT2D eigenvalue weighted by atomic mass is 16.5. The lowest BCUT2D eigenvalue weighted by Gasteiger charge is -2.18. The summed E-state index contributed by atoms with van der Waals surface area (Å²) in [6.45, 7) is 0.423. The van der Waals surface area contributed by atoms with Gasteiger partial charge in [0.05, 0.1) is 5.57 Å². The summed E-state index contributed by atoms with van der Waals surface area (Å²) in [5.41, 5.74) is 1.24. The van der Waals surface area contributed by atoms with Gasteiger partial charge in [-0.25, -0.2) is 0 Å². The lowest BCUT2D eigenvalue weighted by Crippen LogP contribution is -2.19. The molecular weight excluding hydrogens is 228 g/mol. The van der Waals surface area contributed by atoms with Gasteiger partial charge in [-0.1, -0.05) is 30.3 Å². The van der Waals surface area contributed by atoms with Gasteiger partial charge < -0.3 is 4.74 Å². The lowest BCUT2D eigenvalue weighted by molar-refractivity contribution is 0.0976. The molecule has 1 aromatic rings. The van der Waals surface area contributed by atoms with Crippen molar-refractivity contribution in [3.05, 3.63) is 71.0 Å². The van der Waals surface area contributed by atoms with Gasteiger partial charge in [-0.15, -0.1) is 0 Å². The maximum absolute atomic E-state index is 12.3. The van der Waals surface area contributed by atoms with Crippen LogP contribution in [-0.2, 0) is 4.74 Å². The summed E-state index contributed by atoms with van der Waals surface area (Å²) in [4.78, 5) is 24.3. The highest BCUT2D eigenvalue weighted by Crippen LogP contribution is 2.26. The Bertz CT molecular complexity index is 633. The van der Waals surface area contributed by atoms with Crippen molar-refractivity contribution in [3.8, 4) is 0 Å². The molecule has 1 aliphatic carbocycles. The molecule has 0 unspecified atom stereocenters. The van der Waals surface area contributed by atoms with E-state index in [-0.39, 0.29) is 11.6 Å². The number of carbonyl (C=O) groups is 2. The maximum atomic E-state index is 12.3. The Labute approximate surface area is 104 Å². The van der Waals surface area contributed by atoms with Gasteiger partial charge in [0.25, 0.3) is 0 Å². The van der Waals surface area contributed by atoms with Crippen LogP contribution in [0.2, 0.25) is 0 Å². The zero-order chi connectivity index (χ0) is 12.5. The molecule has 1 aliphatic heterocycles. The number of ether oxygens (including phenoxy) is 1. The minimum atomic E-state index is -0.160. The second kappa shape index (κ2) is 4.11. The average Bonchev–Trinajstić information content (AvgIpc) is 2.44. The minimum Gasteiger partial charge on any atom is -0.489 e. The second-order valence-electron chi connectivity index (χ2n) is 4.07. The smallest absolute Gasteiger partial charge is 0.197 e. The Morgan fingerprint density at radius 2 is 1.83 bits per heavy atom. The van der Waals surface area contributed by atoms with Crippen LogP contribution in [0.3, 0.4) is 0 Å². The van der Waals surface area contributed by atoms with Crippen molar-refractivity contribution in [2.24, 2.45) is 0 Å². The summed E-state index contributed by atoms with van der Waals surface area (Å²) in [5, 5.41) is 0. The molecule has 0 spiro atoms. The monoisotopic (exact) mass is 238 g/mol. The van der Waals surface area contributed by atoms with E-state index in [1.165, 1.54) is 6.08 Å². The second-order valence-corrected chi connectivity index (χ2v) is 4.07. The zero-order valence-electron chi connectivity index (χ0n) is 9.55. The molecule has 0 radical (unpaired) electrons. The number of carbonyl (C=O) groups excluding carboxylic acids is 2. The Balaban J connectivity index is 2.10. The molecule has 0 amide bonds. The molecular formula is C15H10O3. The molecule has 3 nitrogen and oxygen atoms in total. The molecule has 0 saturated carbocycles. The third-order valence-corrected chi connectivity index (χ3v) is 2.94. The molecule has 3 rings (SSSR count). The summed E-state index contributed by atoms with van der Waals surface area (Å²) in [6.07, 6.45) is 6.72. The van der Waals surface area contributed by atoms with Crippen LogP contribution in [-0.4, -0.2) is 18.2 Å². The predicted octanol–water partition coefficient (Wildman–Crippen LogP) is 2.46. The minimum absolute atomic E-state index is 0.153. The Morgan fingerprint density at radius 3 is 2.56 bits per heavy atom. The van der Waals surface area contributed by atoms with Gasteiger partial charge in [0.1, 0.15) is 12.4 Å². The molecule has 0 N–H and O–H groups in total. The van der Waals surface area contributed by atoms with E-state index in [1.54, 1.807) is 30.3 Å². The SMILES string of the molecule is O=C1C=C(C2=CC=CCO2)C(=O)c2ccccc21. The molecule has 0 bridgehead atoms. The molecule has 0 fully saturated rings. The van der Waals surface area contributed by atoms with Crippen molar-refractivity contribution in [2.75, 3.05) is 6.61 Å². The van der Waals surface area contributed by atoms with Gasteiger partial charge in [-0.2, -0.15) is 0 Å². The zero-order valence-corrected chi connectivity index (χ0v) is 9.55. The first kappa shape index (κ1) is 10.7. The first-order valence-corrected chi connectivity index (χ1v) is 5.67. The highest BCUT2D eigenvalue weighted by Gasteiger charge is 2.28. The van der Waals surface area contributed by atoms with Crippen molar-refractivity contribution < 1.29 is 14.3 Å². The van der Waals surface area contributed by atoms with Crippen LogP contribution >= 0.6 is 0 Å². The molecule has 1 heterocycles. The van der Waals surface area contributed by atoms with Crippen LogP contribution in [0, 0.1) is 0 Å². The Hall–Kier alpha value is -2.42. The van der Waals surface area contributed by atoms with Crippen molar-refractivity contribution in [1.29, 1.82) is 0 Å². The van der Waals surface area contributed by atoms with E-state index in [1.807, 2.05) is 12.2 Å². The van der Waals surface area contributed by atoms with Crippen LogP contribution in [0.5, 0.6) is 0 Å². The molecule has 1 aromatic carbocycles. The van der Waals surface area contributed by atoms with E-state index in [0.717, 1.165) is 0 Å². The third-order valence-electron chi connectivity index (χ3n) is 2.94. The van der Waals surface area contributed by atoms with Crippen LogP contribution < -0.4 is 0 Å². The van der Waals surface area contributed by atoms with E-state index in [9.17, 15) is 9.59 Å². The molecule has 0 atom stereocenters. The first-order chi connectivity index (χ1) is 8.77. The number of rotatable bonds is 1. The normalized spacial score (nSPS) is 17.8. The van der Waals surface area contributed by atoms with Crippen molar-refractivity contribution in [3.63, 3.8) is 0 Å². The number of hydrogen-bond acceptors (Lipinski definition) is 3. The average molecular weight is 238 g/mol. The first-order valence-electron chi connectivity index (χ1n) is 5.67. The molecule has 0 aromatic heterocycles. The van der Waals surface area contributed by atoms with Gasteiger partial charge >= 0.3 is 0 Å². The van der Waals surface area contributed by atoms with Gasteiger partial charge in [-0.05, 0) is 12.2 Å². The molecule has 3 heteroatoms. The van der Waals surface area contributed by atoms with Gasteiger partial charge in [-0.3, -0.25) is 9.59 Å². The van der Waals surface area contributed by atoms with Crippen LogP contribution in [0.25, 0.3) is 0 Å². The van der Waals surface area contributed by atoms with E-state index in [0.29, 0.717) is 29.1 Å². The third kappa shape index (κ3) is 1.61. The number of hydrogen-bond donors (Lipinski definition) is 0. The molecule has 2 aliphatic rings. The van der Waals surface area contributed by atoms with E-state index in [2.05, 4.69) is 0 Å². The molecule has 0 saturated heterocycles. The quantitative estimate of drug-likeness (QED) is 0.754. The van der Waals surface area contributed by atoms with Gasteiger partial charge in [0.2, 0.25) is 0 Å². The Morgan fingerprint density at radius 1 is 1.06 bits per heavy atom. The van der Waals surface area contributed by atoms with E-state index in [4.69, 9.17) is 4.74 Å². The fraction of sp³-hybridized carbons (Fsp3) is 0.0667. The number of ketones is 2. The highest BCUT2D eigenvalue weighted by molar-refractivity contribution is 6.25. The number of allylic oxidation sites excluding steroid dienone is 4. The summed E-state index contributed by atoms with van der Waals surface area (Å²) >= 11 is 0. The Kier molecular flexibility index (Phi) is 2.45. The summed E-state index contributed by atoms with van der Waals surface area (Å²) in [6, 6.07) is 6.84. The number of benzene rings is 1. The predicted molar refractivity (Wildman–Crippen MR) is 66.4 cm³/mol. The molecule has 88 valence electrons. The van der Waals surface area contributed by atoms with E-state index >= 15 is 0 Å². The standard InChI is InChI=1S/C15H10O3/c16-13-9-12(14-7-3-4-8-18-14)15(17)11-6-2-1-5-10(11)13/h1-7,9H,8H2.